The second-order valence-corrected chi connectivity index (χ2v) is 24.4. The summed E-state index contributed by atoms with van der Waals surface area (Å²) >= 11 is 0. The summed E-state index contributed by atoms with van der Waals surface area (Å²) in [7, 11) is 0. The maximum Gasteiger partial charge on any atom is 0.416 e. The van der Waals surface area contributed by atoms with Crippen molar-refractivity contribution in [3.63, 3.8) is 0 Å². The van der Waals surface area contributed by atoms with E-state index in [-0.39, 0.29) is 47.4 Å². The van der Waals surface area contributed by atoms with Crippen LogP contribution in [0.3, 0.4) is 0 Å². The molecule has 0 aliphatic carbocycles. The molecule has 9 atom stereocenters. The molecule has 20 nitrogen and oxygen atoms in total. The van der Waals surface area contributed by atoms with Crippen molar-refractivity contribution in [2.24, 2.45) is 5.73 Å². The number of carboxylic acids is 1. The molecule has 0 fully saturated rings. The minimum atomic E-state index is -5.07. The van der Waals surface area contributed by atoms with Gasteiger partial charge < -0.3 is 54.8 Å². The Morgan fingerprint density at radius 1 is 0.435 bits per heavy atom. The zero-order valence-electron chi connectivity index (χ0n) is 59.5. The van der Waals surface area contributed by atoms with Crippen LogP contribution in [0.5, 0.6) is 0 Å². The van der Waals surface area contributed by atoms with E-state index in [0.717, 1.165) is 95.3 Å². The van der Waals surface area contributed by atoms with Crippen molar-refractivity contribution in [2.45, 2.75) is 127 Å². The fraction of sp³-hybridized carbons (Fsp3) is 0.329. The van der Waals surface area contributed by atoms with Gasteiger partial charge in [0.1, 0.15) is 55.3 Å². The smallest absolute Gasteiger partial charge is 0.416 e. The fourth-order valence-corrected chi connectivity index (χ4v) is 9.59. The van der Waals surface area contributed by atoms with Crippen molar-refractivity contribution in [1.82, 2.24) is 15.2 Å². The van der Waals surface area contributed by atoms with E-state index in [0.29, 0.717) is 42.0 Å². The van der Waals surface area contributed by atoms with Crippen LogP contribution < -0.4 is 16.7 Å². The van der Waals surface area contributed by atoms with Gasteiger partial charge in [-0.25, -0.2) is 27.5 Å². The van der Waals surface area contributed by atoms with E-state index >= 15 is 0 Å². The normalized spacial score (nSPS) is 14.4. The lowest BCUT2D eigenvalue weighted by Crippen LogP contribution is -2.31. The Morgan fingerprint density at radius 2 is 0.730 bits per heavy atom. The first-order valence-corrected chi connectivity index (χ1v) is 32.6. The molecule has 0 aliphatic heterocycles. The van der Waals surface area contributed by atoms with E-state index in [4.69, 9.17) is 39.3 Å². The van der Waals surface area contributed by atoms with Crippen molar-refractivity contribution in [2.75, 3.05) is 31.7 Å². The molecule has 8 rings (SSSR count). The predicted octanol–water partition coefficient (Wildman–Crippen LogP) is 16.4. The SMILES string of the molecule is CC(=O)CO[C@@H](O[C@H](C)c1cc(C(F)(F)F)cc(C(F)(F)F)c1)C(=O)c1ccc(F)cc1.CC(=O)CO[C@@H](O[C@H](C)c1cc(C(F)(F)F)cc(C(F)(F)F)c1)C(O)c1ccc(F)cc1.C[C@@H](O[C@H](OCC(N)=O)C(O)c1ccc(F)cc1)c1cc(C(F)(F)F)cc(C(F)(F)F)c1.O=C(O)C(CNc1n[nH]c(=O)[nH]1)c1ccc(F)cc1. The number of rotatable bonds is 29. The number of carbonyl (C=O) groups excluding carboxylic acids is 4. The van der Waals surface area contributed by atoms with Crippen LogP contribution in [0.2, 0.25) is 0 Å². The molecule has 7 aromatic carbocycles. The first-order chi connectivity index (χ1) is 53.1. The number of anilines is 1. The van der Waals surface area contributed by atoms with Gasteiger partial charge in [0.2, 0.25) is 23.9 Å². The average Bonchev–Trinajstić information content (AvgIpc) is 1.06. The molecule has 0 bridgehead atoms. The highest BCUT2D eigenvalue weighted by molar-refractivity contribution is 5.98. The number of aromatic amines is 2. The molecule has 42 heteroatoms. The Morgan fingerprint density at radius 3 is 1.02 bits per heavy atom. The van der Waals surface area contributed by atoms with Crippen molar-refractivity contribution >= 4 is 35.2 Å². The van der Waals surface area contributed by atoms with Crippen LogP contribution in [-0.2, 0) is 84.7 Å². The van der Waals surface area contributed by atoms with Gasteiger partial charge in [-0.1, -0.05) is 36.4 Å². The predicted molar refractivity (Wildman–Crippen MR) is 356 cm³/mol. The molecular formula is C73H65F22N5O15. The van der Waals surface area contributed by atoms with Gasteiger partial charge in [-0.15, -0.1) is 5.10 Å². The molecule has 626 valence electrons. The number of benzene rings is 7. The number of aromatic nitrogens is 3. The molecular weight excluding hydrogens is 1600 g/mol. The average molecular weight is 1670 g/mol. The fourth-order valence-electron chi connectivity index (χ4n) is 9.59. The zero-order chi connectivity index (χ0) is 86.6. The summed E-state index contributed by atoms with van der Waals surface area (Å²) in [5, 5.41) is 38.5. The van der Waals surface area contributed by atoms with Crippen LogP contribution >= 0.6 is 0 Å². The van der Waals surface area contributed by atoms with Crippen LogP contribution in [0.15, 0.2) is 156 Å². The van der Waals surface area contributed by atoms with Crippen molar-refractivity contribution in [3.05, 3.63) is 258 Å². The van der Waals surface area contributed by atoms with E-state index in [9.17, 15) is 136 Å². The highest BCUT2D eigenvalue weighted by Crippen LogP contribution is 2.43. The number of alkyl halides is 18. The van der Waals surface area contributed by atoms with Gasteiger partial charge in [-0.2, -0.15) is 79.0 Å². The number of ketones is 3. The Balaban J connectivity index is 0.000000278. The third-order valence-corrected chi connectivity index (χ3v) is 15.3. The van der Waals surface area contributed by atoms with Gasteiger partial charge in [-0.3, -0.25) is 29.0 Å². The third-order valence-electron chi connectivity index (χ3n) is 15.3. The van der Waals surface area contributed by atoms with Gasteiger partial charge in [-0.05, 0) is 183 Å². The largest absolute Gasteiger partial charge is 0.481 e. The van der Waals surface area contributed by atoms with Crippen molar-refractivity contribution in [3.8, 4) is 0 Å². The van der Waals surface area contributed by atoms with Crippen LogP contribution in [-0.4, -0.2) is 105 Å². The molecule has 0 radical (unpaired) electrons. The zero-order valence-corrected chi connectivity index (χ0v) is 59.5. The van der Waals surface area contributed by atoms with E-state index in [1.165, 1.54) is 36.4 Å². The van der Waals surface area contributed by atoms with E-state index in [1.54, 1.807) is 0 Å². The Bertz CT molecular complexity index is 4340. The van der Waals surface area contributed by atoms with E-state index < -0.39 is 220 Å². The quantitative estimate of drug-likeness (QED) is 0.0130. The maximum atomic E-state index is 13.1. The molecule has 3 unspecified atom stereocenters. The number of nitrogens with two attached hydrogens (primary N) is 1. The first kappa shape index (κ1) is 95.0. The van der Waals surface area contributed by atoms with Crippen LogP contribution in [0, 0.1) is 23.3 Å². The summed E-state index contributed by atoms with van der Waals surface area (Å²) in [4.78, 5) is 70.5. The number of aliphatic hydroxyl groups is 2. The monoisotopic (exact) mass is 1670 g/mol. The second kappa shape index (κ2) is 40.6. The maximum absolute atomic E-state index is 13.1. The lowest BCUT2D eigenvalue weighted by atomic mass is 9.99. The summed E-state index contributed by atoms with van der Waals surface area (Å²) in [6.07, 6.45) is -43.2. The first-order valence-electron chi connectivity index (χ1n) is 32.6. The number of aliphatic hydroxyl groups excluding tert-OH is 2. The van der Waals surface area contributed by atoms with Gasteiger partial charge in [0.15, 0.2) is 24.1 Å². The number of H-pyrrole nitrogens is 2. The Kier molecular flexibility index (Phi) is 33.5. The topological polar surface area (TPSA) is 301 Å². The molecule has 1 aromatic heterocycles. The summed E-state index contributed by atoms with van der Waals surface area (Å²) in [5.74, 6) is -6.98. The van der Waals surface area contributed by atoms with Gasteiger partial charge >= 0.3 is 48.7 Å². The van der Waals surface area contributed by atoms with Crippen LogP contribution in [0.4, 0.5) is 103 Å². The number of nitrogens with one attached hydrogen (secondary N) is 3. The van der Waals surface area contributed by atoms with E-state index in [2.05, 4.69) is 20.5 Å². The van der Waals surface area contributed by atoms with Gasteiger partial charge in [0, 0.05) is 12.1 Å². The number of nitrogens with zero attached hydrogens (tertiary/aromatic N) is 1. The molecule has 8 N–H and O–H groups in total. The van der Waals surface area contributed by atoms with Crippen molar-refractivity contribution in [1.29, 1.82) is 0 Å². The number of carboxylic acid groups (broad SMARTS) is 1. The summed E-state index contributed by atoms with van der Waals surface area (Å²) in [6, 6.07) is 20.8. The number of halogens is 22. The lowest BCUT2D eigenvalue weighted by Gasteiger charge is -2.27. The summed E-state index contributed by atoms with van der Waals surface area (Å²) in [6.45, 7) is 3.79. The van der Waals surface area contributed by atoms with Crippen LogP contribution in [0.1, 0.15) is 148 Å². The highest BCUT2D eigenvalue weighted by Gasteiger charge is 2.42. The number of hydrogen-bond donors (Lipinski definition) is 7. The molecule has 0 spiro atoms. The number of aliphatic carboxylic acids is 1. The molecule has 0 aliphatic rings. The molecule has 1 heterocycles. The number of amides is 1. The number of primary amides is 1. The van der Waals surface area contributed by atoms with Crippen LogP contribution in [0.25, 0.3) is 0 Å². The number of ether oxygens (including phenoxy) is 6. The Hall–Kier alpha value is -10.6. The molecule has 0 saturated heterocycles. The standard InChI is InChI=1S/C21H19F7O4.C21H17F7O4.C20H18F7NO4.C11H11FN4O3/c2*1-11(29)10-31-19(18(30)13-3-5-17(22)6-4-13)32-12(2)14-7-15(20(23,24)25)9-16(8-14)21(26,27)28;1-10(12-6-13(19(22,23)24)8-14(7-12)20(25,26)27)32-18(31-9-16(28)29)17(30)11-2-4-15(21)5-3-11;12-7-3-1-6(2-4-7)8(9(17)18)5-13-10-14-11(19)16-15-10/h3-9,12,18-19,30H,10H2,1-2H3;3-9,12,19H,10H2,1-2H3;2-8,10,17-18,30H,9H2,1H3,(H2,28,29);1-4,8H,5H2,(H,17,18)(H3,13,14,15,16,19)/t12-,18?,19+;12-,19+;10-,17?,18+;/m111./s1. The summed E-state index contributed by atoms with van der Waals surface area (Å²) in [5.41, 5.74) is -5.79. The Labute approximate surface area is 635 Å². The number of hydrogen-bond acceptors (Lipinski definition) is 16. The molecule has 0 saturated carbocycles. The molecule has 8 aromatic rings. The number of carbonyl (C=O) groups is 5. The third kappa shape index (κ3) is 30.6. The minimum Gasteiger partial charge on any atom is -0.481 e. The van der Waals surface area contributed by atoms with E-state index in [1.807, 2.05) is 0 Å². The van der Waals surface area contributed by atoms with Gasteiger partial charge in [0.05, 0.1) is 57.6 Å². The van der Waals surface area contributed by atoms with Crippen molar-refractivity contribution < 1.29 is 164 Å². The summed E-state index contributed by atoms with van der Waals surface area (Å²) < 4.78 is 319. The minimum absolute atomic E-state index is 0.0156. The van der Waals surface area contributed by atoms with Gasteiger partial charge in [0.25, 0.3) is 0 Å². The second-order valence-electron chi connectivity index (χ2n) is 24.4. The molecule has 1 amide bonds. The number of Topliss-reactive ketones (excluding diaryl/α,β-unsaturated/α-hetero) is 3. The highest BCUT2D eigenvalue weighted by atomic mass is 19.4. The molecule has 115 heavy (non-hydrogen) atoms. The lowest BCUT2D eigenvalue weighted by molar-refractivity contribution is -0.216.